The van der Waals surface area contributed by atoms with E-state index in [9.17, 15) is 0 Å². The Hall–Kier alpha value is -3.02. The third-order valence-electron chi connectivity index (χ3n) is 3.86. The van der Waals surface area contributed by atoms with Crippen LogP contribution >= 0.6 is 0 Å². The molecule has 0 unspecified atom stereocenters. The predicted molar refractivity (Wildman–Crippen MR) is 101 cm³/mol. The molecule has 2 aromatic rings. The van der Waals surface area contributed by atoms with Gasteiger partial charge >= 0.3 is 0 Å². The Labute approximate surface area is 153 Å². The van der Waals surface area contributed by atoms with Gasteiger partial charge in [0.2, 0.25) is 17.2 Å². The van der Waals surface area contributed by atoms with Gasteiger partial charge in [-0.15, -0.1) is 0 Å². The first-order valence-electron chi connectivity index (χ1n) is 7.91. The van der Waals surface area contributed by atoms with Crippen LogP contribution in [0.15, 0.2) is 30.3 Å². The average Bonchev–Trinajstić information content (AvgIpc) is 2.70. The Morgan fingerprint density at radius 3 is 1.42 bits per heavy atom. The molecule has 2 aromatic carbocycles. The van der Waals surface area contributed by atoms with E-state index in [2.05, 4.69) is 0 Å². The second-order valence-corrected chi connectivity index (χ2v) is 5.16. The summed E-state index contributed by atoms with van der Waals surface area (Å²) in [5.74, 6) is 2.53. The molecule has 0 fully saturated rings. The topological polar surface area (TPSA) is 55.4 Å². The Morgan fingerprint density at radius 1 is 0.615 bits per heavy atom. The Kier molecular flexibility index (Phi) is 6.60. The highest BCUT2D eigenvalue weighted by molar-refractivity contribution is 5.88. The zero-order chi connectivity index (χ0) is 19.1. The van der Waals surface area contributed by atoms with Crippen molar-refractivity contribution in [3.05, 3.63) is 41.5 Å². The van der Waals surface area contributed by atoms with Gasteiger partial charge in [-0.05, 0) is 11.6 Å². The fourth-order valence-corrected chi connectivity index (χ4v) is 2.74. The highest BCUT2D eigenvalue weighted by atomic mass is 16.6. The molecule has 6 nitrogen and oxygen atoms in total. The van der Waals surface area contributed by atoms with Crippen LogP contribution in [-0.2, 0) is 4.74 Å². The summed E-state index contributed by atoms with van der Waals surface area (Å²) < 4.78 is 33.4. The maximum atomic E-state index is 5.65. The van der Waals surface area contributed by atoms with Gasteiger partial charge in [0.25, 0.3) is 0 Å². The van der Waals surface area contributed by atoms with Gasteiger partial charge in [-0.1, -0.05) is 30.3 Å². The molecule has 0 amide bonds. The Morgan fingerprint density at radius 2 is 1.04 bits per heavy atom. The van der Waals surface area contributed by atoms with Gasteiger partial charge in [-0.2, -0.15) is 0 Å². The van der Waals surface area contributed by atoms with E-state index in [-0.39, 0.29) is 0 Å². The summed E-state index contributed by atoms with van der Waals surface area (Å²) in [4.78, 5) is 0. The normalized spacial score (nSPS) is 10.9. The van der Waals surface area contributed by atoms with Crippen molar-refractivity contribution in [2.75, 3.05) is 42.7 Å². The second-order valence-electron chi connectivity index (χ2n) is 5.16. The zero-order valence-corrected chi connectivity index (χ0v) is 15.9. The third kappa shape index (κ3) is 3.49. The van der Waals surface area contributed by atoms with E-state index in [1.165, 1.54) is 21.3 Å². The molecule has 0 aromatic heterocycles. The molecule has 0 saturated heterocycles. The summed E-state index contributed by atoms with van der Waals surface area (Å²) in [6.45, 7) is 0. The van der Waals surface area contributed by atoms with Crippen molar-refractivity contribution in [2.24, 2.45) is 0 Å². The maximum Gasteiger partial charge on any atom is 0.211 e. The van der Waals surface area contributed by atoms with Crippen LogP contribution < -0.4 is 23.7 Å². The first-order chi connectivity index (χ1) is 12.7. The molecule has 0 atom stereocenters. The van der Waals surface area contributed by atoms with Gasteiger partial charge in [-0.3, -0.25) is 0 Å². The number of ether oxygens (including phenoxy) is 6. The quantitative estimate of drug-likeness (QED) is 0.526. The molecule has 0 N–H and O–H groups in total. The van der Waals surface area contributed by atoms with E-state index in [4.69, 9.17) is 28.4 Å². The molecule has 0 aliphatic heterocycles. The van der Waals surface area contributed by atoms with Crippen LogP contribution in [-0.4, -0.2) is 42.7 Å². The van der Waals surface area contributed by atoms with Gasteiger partial charge in [0.05, 0.1) is 42.7 Å². The molecule has 140 valence electrons. The maximum absolute atomic E-state index is 5.65. The van der Waals surface area contributed by atoms with Gasteiger partial charge in [0.1, 0.15) is 11.3 Å². The minimum atomic E-state index is 0.377. The van der Waals surface area contributed by atoms with Crippen LogP contribution in [0.5, 0.6) is 28.7 Å². The lowest BCUT2D eigenvalue weighted by Gasteiger charge is -2.22. The zero-order valence-electron chi connectivity index (χ0n) is 15.9. The molecule has 0 aliphatic carbocycles. The van der Waals surface area contributed by atoms with E-state index >= 15 is 0 Å². The standard InChI is InChI=1S/C20H24O6/c1-21-14(12-13-10-8-7-9-11-13)15-16(22-2)18(24-4)20(26-6)19(25-5)17(15)23-3/h7-12H,1-6H3/b14-12-. The van der Waals surface area contributed by atoms with E-state index < -0.39 is 0 Å². The molecular weight excluding hydrogens is 336 g/mol. The largest absolute Gasteiger partial charge is 0.496 e. The summed E-state index contributed by atoms with van der Waals surface area (Å²) in [6.07, 6.45) is 1.88. The summed E-state index contributed by atoms with van der Waals surface area (Å²) in [7, 11) is 9.25. The minimum Gasteiger partial charge on any atom is -0.496 e. The lowest BCUT2D eigenvalue weighted by molar-refractivity contribution is 0.285. The number of methoxy groups -OCH3 is 6. The van der Waals surface area contributed by atoms with Crippen molar-refractivity contribution < 1.29 is 28.4 Å². The predicted octanol–water partition coefficient (Wildman–Crippen LogP) is 3.87. The van der Waals surface area contributed by atoms with E-state index in [0.717, 1.165) is 5.56 Å². The van der Waals surface area contributed by atoms with E-state index in [1.54, 1.807) is 21.3 Å². The fraction of sp³-hybridized carbons (Fsp3) is 0.300. The lowest BCUT2D eigenvalue weighted by Crippen LogP contribution is -2.05. The first-order valence-corrected chi connectivity index (χ1v) is 7.91. The van der Waals surface area contributed by atoms with Crippen LogP contribution in [0.1, 0.15) is 11.1 Å². The third-order valence-corrected chi connectivity index (χ3v) is 3.86. The van der Waals surface area contributed by atoms with Crippen molar-refractivity contribution in [2.45, 2.75) is 0 Å². The van der Waals surface area contributed by atoms with E-state index in [0.29, 0.717) is 40.1 Å². The molecule has 0 heterocycles. The van der Waals surface area contributed by atoms with Gasteiger partial charge in [0, 0.05) is 0 Å². The lowest BCUT2D eigenvalue weighted by atomic mass is 10.1. The van der Waals surface area contributed by atoms with Crippen LogP contribution in [0.4, 0.5) is 0 Å². The average molecular weight is 360 g/mol. The molecule has 0 saturated carbocycles. The Bertz CT molecular complexity index is 735. The molecule has 0 aliphatic rings. The van der Waals surface area contributed by atoms with Gasteiger partial charge in [-0.25, -0.2) is 0 Å². The SMILES string of the molecule is CO/C(=C\c1ccccc1)c1c(OC)c(OC)c(OC)c(OC)c1OC. The summed E-state index contributed by atoms with van der Waals surface area (Å²) >= 11 is 0. The van der Waals surface area contributed by atoms with Crippen LogP contribution in [0.25, 0.3) is 11.8 Å². The number of hydrogen-bond donors (Lipinski definition) is 0. The second kappa shape index (κ2) is 8.89. The van der Waals surface area contributed by atoms with Crippen LogP contribution in [0.3, 0.4) is 0 Å². The molecular formula is C20H24O6. The minimum absolute atomic E-state index is 0.377. The van der Waals surface area contributed by atoms with Gasteiger partial charge in [0.15, 0.2) is 11.5 Å². The molecule has 0 radical (unpaired) electrons. The van der Waals surface area contributed by atoms with Crippen molar-refractivity contribution >= 4 is 11.8 Å². The van der Waals surface area contributed by atoms with Crippen molar-refractivity contribution in [3.8, 4) is 28.7 Å². The van der Waals surface area contributed by atoms with Gasteiger partial charge < -0.3 is 28.4 Å². The summed E-state index contributed by atoms with van der Waals surface area (Å²) in [5, 5.41) is 0. The van der Waals surface area contributed by atoms with E-state index in [1.807, 2.05) is 36.4 Å². The monoisotopic (exact) mass is 360 g/mol. The Balaban J connectivity index is 2.86. The summed E-state index contributed by atoms with van der Waals surface area (Å²) in [5.41, 5.74) is 1.53. The molecule has 0 spiro atoms. The van der Waals surface area contributed by atoms with Crippen molar-refractivity contribution in [3.63, 3.8) is 0 Å². The smallest absolute Gasteiger partial charge is 0.211 e. The number of hydrogen-bond acceptors (Lipinski definition) is 6. The van der Waals surface area contributed by atoms with Crippen LogP contribution in [0.2, 0.25) is 0 Å². The van der Waals surface area contributed by atoms with Crippen molar-refractivity contribution in [1.82, 2.24) is 0 Å². The number of benzene rings is 2. The van der Waals surface area contributed by atoms with Crippen LogP contribution in [0, 0.1) is 0 Å². The molecule has 6 heteroatoms. The number of rotatable bonds is 8. The fourth-order valence-electron chi connectivity index (χ4n) is 2.74. The highest BCUT2D eigenvalue weighted by Crippen LogP contribution is 2.55. The molecule has 2 rings (SSSR count). The highest BCUT2D eigenvalue weighted by Gasteiger charge is 2.30. The van der Waals surface area contributed by atoms with Crippen molar-refractivity contribution in [1.29, 1.82) is 0 Å². The molecule has 26 heavy (non-hydrogen) atoms. The first kappa shape index (κ1) is 19.3. The summed E-state index contributed by atoms with van der Waals surface area (Å²) in [6, 6.07) is 9.78. The molecule has 0 bridgehead atoms.